The van der Waals surface area contributed by atoms with Gasteiger partial charge in [-0.1, -0.05) is 0 Å². The molecule has 2 rings (SSSR count). The largest absolute Gasteiger partial charge is 0.375 e. The van der Waals surface area contributed by atoms with Gasteiger partial charge in [-0.05, 0) is 52.7 Å². The van der Waals surface area contributed by atoms with Crippen LogP contribution in [0.3, 0.4) is 0 Å². The van der Waals surface area contributed by atoms with Crippen LogP contribution in [0.4, 0.5) is 0 Å². The summed E-state index contributed by atoms with van der Waals surface area (Å²) < 4.78 is 5.73. The molecule has 0 bridgehead atoms. The fourth-order valence-electron chi connectivity index (χ4n) is 2.69. The summed E-state index contributed by atoms with van der Waals surface area (Å²) in [6.45, 7) is 9.38. The average molecular weight is 277 g/mol. The zero-order valence-electron chi connectivity index (χ0n) is 12.7. The minimum absolute atomic E-state index is 0.0392. The molecule has 5 nitrogen and oxygen atoms in total. The van der Waals surface area contributed by atoms with Crippen molar-refractivity contribution < 1.29 is 9.53 Å². The molecule has 5 heteroatoms. The molecule has 110 valence electrons. The van der Waals surface area contributed by atoms with Crippen molar-refractivity contribution in [3.05, 3.63) is 23.5 Å². The Hall–Kier alpha value is -1.49. The summed E-state index contributed by atoms with van der Waals surface area (Å²) in [6.07, 6.45) is 1.73. The van der Waals surface area contributed by atoms with Gasteiger partial charge in [0.25, 0.3) is 5.91 Å². The third-order valence-electron chi connectivity index (χ3n) is 3.73. The second-order valence-electron chi connectivity index (χ2n) is 5.91. The summed E-state index contributed by atoms with van der Waals surface area (Å²) in [5.41, 5.74) is 1.06. The lowest BCUT2D eigenvalue weighted by Gasteiger charge is -2.40. The maximum Gasteiger partial charge on any atom is 0.274 e. The number of carbonyl (C=O) groups excluding carboxylic acids is 1. The van der Waals surface area contributed by atoms with Gasteiger partial charge in [0.15, 0.2) is 5.69 Å². The lowest BCUT2D eigenvalue weighted by molar-refractivity contribution is -0.0777. The van der Waals surface area contributed by atoms with Gasteiger partial charge < -0.3 is 9.64 Å². The highest BCUT2D eigenvalue weighted by Crippen LogP contribution is 2.28. The van der Waals surface area contributed by atoms with E-state index < -0.39 is 0 Å². The first kappa shape index (κ1) is 14.9. The topological polar surface area (TPSA) is 55.3 Å². The van der Waals surface area contributed by atoms with Gasteiger partial charge >= 0.3 is 0 Å². The number of nitrogens with zero attached hydrogens (tertiary/aromatic N) is 3. The molecular formula is C15H23N3O2. The van der Waals surface area contributed by atoms with Crippen LogP contribution in [0.25, 0.3) is 0 Å². The molecule has 1 atom stereocenters. The van der Waals surface area contributed by atoms with Crippen molar-refractivity contribution >= 4 is 5.91 Å². The number of carbonyl (C=O) groups is 1. The summed E-state index contributed by atoms with van der Waals surface area (Å²) >= 11 is 0. The number of ether oxygens (including phenoxy) is 1. The minimum atomic E-state index is -0.171. The van der Waals surface area contributed by atoms with E-state index >= 15 is 0 Å². The van der Waals surface area contributed by atoms with Gasteiger partial charge in [0.2, 0.25) is 0 Å². The zero-order valence-corrected chi connectivity index (χ0v) is 12.7. The summed E-state index contributed by atoms with van der Waals surface area (Å²) in [7, 11) is 0. The Morgan fingerprint density at radius 1 is 1.45 bits per heavy atom. The summed E-state index contributed by atoms with van der Waals surface area (Å²) in [4.78, 5) is 14.5. The third-order valence-corrected chi connectivity index (χ3v) is 3.73. The normalized spacial score (nSPS) is 21.5. The number of hydrogen-bond donors (Lipinski definition) is 0. The zero-order chi connectivity index (χ0) is 14.8. The standard InChI is InChI=1S/C15H23N3O2/c1-5-18(12-8-9-20-15(3,4)10-12)14(19)13-7-6-11(2)16-17-13/h6-7,12H,5,8-10H2,1-4H3. The molecule has 1 aliphatic heterocycles. The molecule has 2 heterocycles. The molecule has 0 aliphatic carbocycles. The molecule has 0 spiro atoms. The van der Waals surface area contributed by atoms with Crippen LogP contribution in [0.2, 0.25) is 0 Å². The molecule has 0 radical (unpaired) electrons. The third kappa shape index (κ3) is 3.33. The van der Waals surface area contributed by atoms with Gasteiger partial charge in [0.05, 0.1) is 11.3 Å². The lowest BCUT2D eigenvalue weighted by Crippen LogP contribution is -2.48. The fourth-order valence-corrected chi connectivity index (χ4v) is 2.69. The van der Waals surface area contributed by atoms with Crippen molar-refractivity contribution in [1.82, 2.24) is 15.1 Å². The number of amides is 1. The highest BCUT2D eigenvalue weighted by atomic mass is 16.5. The van der Waals surface area contributed by atoms with E-state index in [1.165, 1.54) is 0 Å². The molecule has 1 saturated heterocycles. The van der Waals surface area contributed by atoms with E-state index in [0.29, 0.717) is 18.8 Å². The van der Waals surface area contributed by atoms with E-state index in [1.807, 2.05) is 24.8 Å². The second kappa shape index (κ2) is 5.87. The van der Waals surface area contributed by atoms with Crippen molar-refractivity contribution in [3.8, 4) is 0 Å². The van der Waals surface area contributed by atoms with Crippen molar-refractivity contribution in [2.75, 3.05) is 13.2 Å². The molecule has 1 amide bonds. The number of aromatic nitrogens is 2. The molecular weight excluding hydrogens is 254 g/mol. The van der Waals surface area contributed by atoms with Crippen LogP contribution < -0.4 is 0 Å². The molecule has 1 aliphatic rings. The van der Waals surface area contributed by atoms with Gasteiger partial charge in [0, 0.05) is 19.2 Å². The Labute approximate surface area is 120 Å². The molecule has 0 aromatic carbocycles. The monoisotopic (exact) mass is 277 g/mol. The molecule has 1 fully saturated rings. The minimum Gasteiger partial charge on any atom is -0.375 e. The average Bonchev–Trinajstić information content (AvgIpc) is 2.39. The first-order chi connectivity index (χ1) is 9.43. The maximum absolute atomic E-state index is 12.6. The van der Waals surface area contributed by atoms with Gasteiger partial charge in [-0.2, -0.15) is 5.10 Å². The number of rotatable bonds is 3. The lowest BCUT2D eigenvalue weighted by atomic mass is 9.92. The predicted octanol–water partition coefficient (Wildman–Crippen LogP) is 2.20. The second-order valence-corrected chi connectivity index (χ2v) is 5.91. The Bertz CT molecular complexity index is 471. The summed E-state index contributed by atoms with van der Waals surface area (Å²) in [5.74, 6) is -0.0392. The summed E-state index contributed by atoms with van der Waals surface area (Å²) in [6, 6.07) is 3.78. The van der Waals surface area contributed by atoms with Gasteiger partial charge in [-0.25, -0.2) is 0 Å². The van der Waals surface area contributed by atoms with Crippen LogP contribution in [-0.2, 0) is 4.74 Å². The van der Waals surface area contributed by atoms with E-state index in [9.17, 15) is 4.79 Å². The molecule has 1 aromatic heterocycles. The number of aryl methyl sites for hydroxylation is 1. The fraction of sp³-hybridized carbons (Fsp3) is 0.667. The van der Waals surface area contributed by atoms with Crippen molar-refractivity contribution in [2.45, 2.75) is 52.2 Å². The van der Waals surface area contributed by atoms with Gasteiger partial charge in [0.1, 0.15) is 0 Å². The molecule has 0 N–H and O–H groups in total. The molecule has 20 heavy (non-hydrogen) atoms. The quantitative estimate of drug-likeness (QED) is 0.850. The van der Waals surface area contributed by atoms with Crippen LogP contribution in [0.5, 0.6) is 0 Å². The first-order valence-corrected chi connectivity index (χ1v) is 7.18. The Morgan fingerprint density at radius 3 is 2.75 bits per heavy atom. The summed E-state index contributed by atoms with van der Waals surface area (Å²) in [5, 5.41) is 7.97. The molecule has 1 aromatic rings. The first-order valence-electron chi connectivity index (χ1n) is 7.18. The Morgan fingerprint density at radius 2 is 2.20 bits per heavy atom. The van der Waals surface area contributed by atoms with Crippen molar-refractivity contribution in [2.24, 2.45) is 0 Å². The maximum atomic E-state index is 12.6. The van der Waals surface area contributed by atoms with Crippen LogP contribution in [0.1, 0.15) is 49.8 Å². The van der Waals surface area contributed by atoms with Crippen molar-refractivity contribution in [1.29, 1.82) is 0 Å². The number of hydrogen-bond acceptors (Lipinski definition) is 4. The highest BCUT2D eigenvalue weighted by Gasteiger charge is 2.34. The highest BCUT2D eigenvalue weighted by molar-refractivity contribution is 5.92. The van der Waals surface area contributed by atoms with Crippen LogP contribution in [0.15, 0.2) is 12.1 Å². The van der Waals surface area contributed by atoms with Crippen LogP contribution in [-0.4, -0.2) is 45.8 Å². The van der Waals surface area contributed by atoms with E-state index in [0.717, 1.165) is 18.5 Å². The van der Waals surface area contributed by atoms with Gasteiger partial charge in [-0.3, -0.25) is 4.79 Å². The van der Waals surface area contributed by atoms with Gasteiger partial charge in [-0.15, -0.1) is 5.10 Å². The SMILES string of the molecule is CCN(C(=O)c1ccc(C)nn1)C1CCOC(C)(C)C1. The van der Waals surface area contributed by atoms with Crippen molar-refractivity contribution in [3.63, 3.8) is 0 Å². The molecule has 0 saturated carbocycles. The van der Waals surface area contributed by atoms with Crippen LogP contribution in [0, 0.1) is 6.92 Å². The van der Waals surface area contributed by atoms with E-state index in [2.05, 4.69) is 24.0 Å². The van der Waals surface area contributed by atoms with E-state index in [4.69, 9.17) is 4.74 Å². The Balaban J connectivity index is 2.15. The molecule has 1 unspecified atom stereocenters. The Kier molecular flexibility index (Phi) is 4.38. The predicted molar refractivity (Wildman–Crippen MR) is 76.5 cm³/mol. The van der Waals surface area contributed by atoms with Crippen LogP contribution >= 0.6 is 0 Å². The van der Waals surface area contributed by atoms with E-state index in [-0.39, 0.29) is 17.6 Å². The smallest absolute Gasteiger partial charge is 0.274 e. The van der Waals surface area contributed by atoms with E-state index in [1.54, 1.807) is 6.07 Å².